The molecule has 0 bridgehead atoms. The Hall–Kier alpha value is -1.82. The fourth-order valence-electron chi connectivity index (χ4n) is 3.90. The van der Waals surface area contributed by atoms with Crippen LogP contribution in [0, 0.1) is 5.82 Å². The van der Waals surface area contributed by atoms with Crippen molar-refractivity contribution in [2.24, 2.45) is 0 Å². The van der Waals surface area contributed by atoms with E-state index in [-0.39, 0.29) is 11.9 Å². The number of hydrogen-bond donors (Lipinski definition) is 0. The van der Waals surface area contributed by atoms with E-state index in [1.807, 2.05) is 24.5 Å². The summed E-state index contributed by atoms with van der Waals surface area (Å²) in [7, 11) is 0. The van der Waals surface area contributed by atoms with Gasteiger partial charge in [0.25, 0.3) is 0 Å². The third-order valence-corrected chi connectivity index (χ3v) is 5.22. The highest BCUT2D eigenvalue weighted by Gasteiger charge is 2.36. The predicted octanol–water partition coefficient (Wildman–Crippen LogP) is 2.70. The monoisotopic (exact) mass is 341 g/mol. The SMILES string of the molecule is Fc1ccccc1CO[C@@H]1C[C@H]2CN(Cc3cccnc3)CCN2C1. The number of rotatable bonds is 5. The highest BCUT2D eigenvalue weighted by atomic mass is 19.1. The zero-order valence-corrected chi connectivity index (χ0v) is 14.4. The second-order valence-electron chi connectivity index (χ2n) is 7.01. The van der Waals surface area contributed by atoms with E-state index in [0.29, 0.717) is 18.2 Å². The summed E-state index contributed by atoms with van der Waals surface area (Å²) >= 11 is 0. The van der Waals surface area contributed by atoms with Crippen LogP contribution in [0.25, 0.3) is 0 Å². The fraction of sp³-hybridized carbons (Fsp3) is 0.450. The maximum absolute atomic E-state index is 13.7. The standard InChI is InChI=1S/C20H24FN3O/c21-20-6-2-1-5-17(20)15-25-19-10-18-13-23(8-9-24(18)14-19)12-16-4-3-7-22-11-16/h1-7,11,18-19H,8-10,12-15H2/t18-,19+/m0/s1. The molecule has 0 amide bonds. The molecule has 0 spiro atoms. The van der Waals surface area contributed by atoms with Crippen LogP contribution in [0.1, 0.15) is 17.5 Å². The first kappa shape index (κ1) is 16.6. The molecule has 2 saturated heterocycles. The van der Waals surface area contributed by atoms with E-state index in [1.165, 1.54) is 11.6 Å². The number of hydrogen-bond acceptors (Lipinski definition) is 4. The summed E-state index contributed by atoms with van der Waals surface area (Å²) in [5.41, 5.74) is 1.91. The topological polar surface area (TPSA) is 28.6 Å². The van der Waals surface area contributed by atoms with E-state index in [9.17, 15) is 4.39 Å². The van der Waals surface area contributed by atoms with Crippen molar-refractivity contribution in [3.8, 4) is 0 Å². The van der Waals surface area contributed by atoms with Crippen molar-refractivity contribution in [2.45, 2.75) is 31.7 Å². The molecule has 2 aromatic rings. The van der Waals surface area contributed by atoms with Crippen molar-refractivity contribution in [1.82, 2.24) is 14.8 Å². The maximum Gasteiger partial charge on any atom is 0.128 e. The van der Waals surface area contributed by atoms with Gasteiger partial charge in [0.05, 0.1) is 12.7 Å². The summed E-state index contributed by atoms with van der Waals surface area (Å²) in [6.07, 6.45) is 4.98. The van der Waals surface area contributed by atoms with E-state index >= 15 is 0 Å². The van der Waals surface area contributed by atoms with E-state index < -0.39 is 0 Å². The van der Waals surface area contributed by atoms with Gasteiger partial charge in [0.2, 0.25) is 0 Å². The highest BCUT2D eigenvalue weighted by molar-refractivity contribution is 5.16. The van der Waals surface area contributed by atoms with Gasteiger partial charge < -0.3 is 4.74 Å². The lowest BCUT2D eigenvalue weighted by Crippen LogP contribution is -2.49. The number of benzene rings is 1. The average Bonchev–Trinajstić information content (AvgIpc) is 3.04. The van der Waals surface area contributed by atoms with Gasteiger partial charge in [-0.15, -0.1) is 0 Å². The number of halogens is 1. The second-order valence-corrected chi connectivity index (χ2v) is 7.01. The van der Waals surface area contributed by atoms with Gasteiger partial charge in [-0.25, -0.2) is 4.39 Å². The Labute approximate surface area is 148 Å². The molecule has 5 heteroatoms. The molecular weight excluding hydrogens is 317 g/mol. The Morgan fingerprint density at radius 3 is 2.88 bits per heavy atom. The van der Waals surface area contributed by atoms with Gasteiger partial charge >= 0.3 is 0 Å². The first-order valence-electron chi connectivity index (χ1n) is 8.98. The molecule has 2 aliphatic heterocycles. The van der Waals surface area contributed by atoms with Gasteiger partial charge in [-0.1, -0.05) is 24.3 Å². The Morgan fingerprint density at radius 2 is 2.04 bits per heavy atom. The van der Waals surface area contributed by atoms with Gasteiger partial charge in [-0.2, -0.15) is 0 Å². The Morgan fingerprint density at radius 1 is 1.12 bits per heavy atom. The second kappa shape index (κ2) is 7.60. The molecule has 1 aromatic carbocycles. The smallest absolute Gasteiger partial charge is 0.128 e. The van der Waals surface area contributed by atoms with Crippen LogP contribution in [0.4, 0.5) is 4.39 Å². The van der Waals surface area contributed by atoms with Crippen molar-refractivity contribution >= 4 is 0 Å². The van der Waals surface area contributed by atoms with Crippen LogP contribution >= 0.6 is 0 Å². The summed E-state index contributed by atoms with van der Waals surface area (Å²) in [5.74, 6) is -0.180. The third-order valence-electron chi connectivity index (χ3n) is 5.22. The molecule has 132 valence electrons. The molecule has 2 aliphatic rings. The molecule has 25 heavy (non-hydrogen) atoms. The minimum atomic E-state index is -0.180. The lowest BCUT2D eigenvalue weighted by molar-refractivity contribution is 0.0443. The van der Waals surface area contributed by atoms with Crippen LogP contribution in [-0.2, 0) is 17.9 Å². The molecule has 4 rings (SSSR count). The van der Waals surface area contributed by atoms with E-state index in [2.05, 4.69) is 20.9 Å². The minimum Gasteiger partial charge on any atom is -0.372 e. The predicted molar refractivity (Wildman–Crippen MR) is 94.5 cm³/mol. The molecule has 0 radical (unpaired) electrons. The molecule has 0 N–H and O–H groups in total. The molecule has 4 nitrogen and oxygen atoms in total. The Balaban J connectivity index is 1.29. The van der Waals surface area contributed by atoms with E-state index in [4.69, 9.17) is 4.74 Å². The molecular formula is C20H24FN3O. The quantitative estimate of drug-likeness (QED) is 0.836. The van der Waals surface area contributed by atoms with Gasteiger partial charge in [0.15, 0.2) is 0 Å². The maximum atomic E-state index is 13.7. The number of fused-ring (bicyclic) bond motifs is 1. The zero-order valence-electron chi connectivity index (χ0n) is 14.4. The van der Waals surface area contributed by atoms with Crippen LogP contribution in [0.15, 0.2) is 48.8 Å². The number of aromatic nitrogens is 1. The average molecular weight is 341 g/mol. The van der Waals surface area contributed by atoms with Gasteiger partial charge in [-0.3, -0.25) is 14.8 Å². The Kier molecular flexibility index (Phi) is 5.06. The van der Waals surface area contributed by atoms with Gasteiger partial charge in [0.1, 0.15) is 5.82 Å². The highest BCUT2D eigenvalue weighted by Crippen LogP contribution is 2.25. The molecule has 0 unspecified atom stereocenters. The molecule has 2 fully saturated rings. The normalized spacial score (nSPS) is 24.4. The lowest BCUT2D eigenvalue weighted by Gasteiger charge is -2.37. The van der Waals surface area contributed by atoms with Crippen LogP contribution < -0.4 is 0 Å². The Bertz CT molecular complexity index is 696. The zero-order chi connectivity index (χ0) is 17.1. The summed E-state index contributed by atoms with van der Waals surface area (Å²) in [6.45, 7) is 5.49. The summed E-state index contributed by atoms with van der Waals surface area (Å²) in [4.78, 5) is 9.22. The van der Waals surface area contributed by atoms with Crippen molar-refractivity contribution in [2.75, 3.05) is 26.2 Å². The van der Waals surface area contributed by atoms with Crippen LogP contribution in [0.3, 0.4) is 0 Å². The van der Waals surface area contributed by atoms with Crippen LogP contribution in [0.5, 0.6) is 0 Å². The number of pyridine rings is 1. The molecule has 0 aliphatic carbocycles. The number of piperazine rings is 1. The third kappa shape index (κ3) is 4.06. The van der Waals surface area contributed by atoms with Crippen LogP contribution in [0.2, 0.25) is 0 Å². The van der Waals surface area contributed by atoms with Crippen molar-refractivity contribution in [1.29, 1.82) is 0 Å². The first-order chi connectivity index (χ1) is 12.3. The van der Waals surface area contributed by atoms with Gasteiger partial charge in [0, 0.05) is 56.7 Å². The summed E-state index contributed by atoms with van der Waals surface area (Å²) in [5, 5.41) is 0. The summed E-state index contributed by atoms with van der Waals surface area (Å²) < 4.78 is 19.7. The van der Waals surface area contributed by atoms with Crippen molar-refractivity contribution in [3.05, 3.63) is 65.7 Å². The summed E-state index contributed by atoms with van der Waals surface area (Å²) in [6, 6.07) is 11.5. The lowest BCUT2D eigenvalue weighted by atomic mass is 10.1. The molecule has 1 aromatic heterocycles. The minimum absolute atomic E-state index is 0.180. The largest absolute Gasteiger partial charge is 0.372 e. The first-order valence-corrected chi connectivity index (χ1v) is 8.98. The molecule has 2 atom stereocenters. The number of ether oxygens (including phenoxy) is 1. The van der Waals surface area contributed by atoms with Crippen molar-refractivity contribution in [3.63, 3.8) is 0 Å². The van der Waals surface area contributed by atoms with Gasteiger partial charge in [-0.05, 0) is 24.1 Å². The van der Waals surface area contributed by atoms with E-state index in [1.54, 1.807) is 12.1 Å². The molecule has 3 heterocycles. The number of nitrogens with zero attached hydrogens (tertiary/aromatic N) is 3. The van der Waals surface area contributed by atoms with Crippen LogP contribution in [-0.4, -0.2) is 53.1 Å². The van der Waals surface area contributed by atoms with E-state index in [0.717, 1.165) is 39.1 Å². The van der Waals surface area contributed by atoms with Crippen molar-refractivity contribution < 1.29 is 9.13 Å². The fourth-order valence-corrected chi connectivity index (χ4v) is 3.90. The molecule has 0 saturated carbocycles.